The van der Waals surface area contributed by atoms with E-state index in [0.29, 0.717) is 33.6 Å². The van der Waals surface area contributed by atoms with Gasteiger partial charge in [-0.2, -0.15) is 0 Å². The molecule has 9 rings (SSSR count). The van der Waals surface area contributed by atoms with Crippen LogP contribution in [0.2, 0.25) is 19.6 Å². The van der Waals surface area contributed by atoms with Crippen molar-refractivity contribution in [2.24, 2.45) is 0 Å². The van der Waals surface area contributed by atoms with Crippen molar-refractivity contribution in [1.29, 1.82) is 0 Å². The molecule has 4 aromatic heterocycles. The summed E-state index contributed by atoms with van der Waals surface area (Å²) in [5, 5.41) is 4.79. The number of halogens is 1. The number of aromatic nitrogens is 2. The Labute approximate surface area is 333 Å². The fraction of sp³-hybridized carbons (Fsp3) is 0.149. The molecule has 0 fully saturated rings. The topological polar surface area (TPSA) is 52.1 Å². The minimum Gasteiger partial charge on any atom is -0.500 e. The van der Waals surface area contributed by atoms with Gasteiger partial charge in [-0.1, -0.05) is 122 Å². The quantitative estimate of drug-likeness (QED) is 0.123. The third kappa shape index (κ3) is 7.45. The third-order valence-corrected chi connectivity index (χ3v) is 11.4. The van der Waals surface area contributed by atoms with Gasteiger partial charge in [0.25, 0.3) is 0 Å². The van der Waals surface area contributed by atoms with Crippen molar-refractivity contribution in [3.8, 4) is 22.5 Å². The molecular weight excluding hydrogens is 864 g/mol. The first kappa shape index (κ1) is 33.4. The van der Waals surface area contributed by atoms with E-state index in [1.165, 1.54) is 12.1 Å². The van der Waals surface area contributed by atoms with Crippen LogP contribution in [0.3, 0.4) is 0 Å². The molecule has 1 radical (unpaired) electrons. The summed E-state index contributed by atoms with van der Waals surface area (Å²) in [5.41, 5.74) is 7.84. The first-order chi connectivity index (χ1) is 26.7. The summed E-state index contributed by atoms with van der Waals surface area (Å²) in [6, 6.07) is 41.5. The minimum absolute atomic E-state index is 0. The summed E-state index contributed by atoms with van der Waals surface area (Å²) in [6.07, 6.45) is 1.87. The van der Waals surface area contributed by atoms with Crippen molar-refractivity contribution >= 4 is 57.1 Å². The van der Waals surface area contributed by atoms with Gasteiger partial charge in [-0.05, 0) is 58.7 Å². The third-order valence-electron chi connectivity index (χ3n) is 9.34. The summed E-state index contributed by atoms with van der Waals surface area (Å²) < 4.78 is 51.9. The van der Waals surface area contributed by atoms with Crippen LogP contribution in [0.25, 0.3) is 66.4 Å². The number of para-hydroxylation sites is 1. The van der Waals surface area contributed by atoms with Crippen LogP contribution in [0.1, 0.15) is 40.5 Å². The molecule has 0 N–H and O–H groups in total. The predicted molar refractivity (Wildman–Crippen MR) is 218 cm³/mol. The number of hydrogen-bond donors (Lipinski definition) is 0. The summed E-state index contributed by atoms with van der Waals surface area (Å²) >= 11 is 0. The predicted octanol–water partition coefficient (Wildman–Crippen LogP) is 12.3. The molecule has 0 bridgehead atoms. The van der Waals surface area contributed by atoms with Gasteiger partial charge in [0.1, 0.15) is 17.0 Å². The van der Waals surface area contributed by atoms with Crippen molar-refractivity contribution in [1.82, 2.24) is 9.97 Å². The molecule has 0 unspecified atom stereocenters. The second-order valence-electron chi connectivity index (χ2n) is 14.3. The van der Waals surface area contributed by atoms with Gasteiger partial charge < -0.3 is 18.8 Å². The second-order valence-corrected chi connectivity index (χ2v) is 19.4. The van der Waals surface area contributed by atoms with Gasteiger partial charge in [0.2, 0.25) is 0 Å². The molecule has 7 heteroatoms. The number of nitrogens with zero attached hydrogens (tertiary/aromatic N) is 2. The van der Waals surface area contributed by atoms with Crippen LogP contribution < -0.4 is 5.19 Å². The molecule has 271 valence electrons. The van der Waals surface area contributed by atoms with Crippen LogP contribution in [-0.4, -0.2) is 18.0 Å². The van der Waals surface area contributed by atoms with Gasteiger partial charge >= 0.3 is 0 Å². The van der Waals surface area contributed by atoms with Crippen LogP contribution in [0.15, 0.2) is 136 Å². The zero-order valence-electron chi connectivity index (χ0n) is 33.5. The number of hydrogen-bond acceptors (Lipinski definition) is 4. The van der Waals surface area contributed by atoms with E-state index in [1.54, 1.807) is 18.3 Å². The van der Waals surface area contributed by atoms with Crippen LogP contribution in [0, 0.1) is 17.9 Å². The normalized spacial score (nSPS) is 12.9. The fourth-order valence-corrected chi connectivity index (χ4v) is 7.98. The zero-order chi connectivity index (χ0) is 39.4. The molecule has 0 aliphatic carbocycles. The van der Waals surface area contributed by atoms with Crippen molar-refractivity contribution < 1.29 is 37.4 Å². The summed E-state index contributed by atoms with van der Waals surface area (Å²) in [5.74, 6) is -1.01. The van der Waals surface area contributed by atoms with Crippen molar-refractivity contribution in [3.05, 3.63) is 162 Å². The molecule has 0 saturated carbocycles. The summed E-state index contributed by atoms with van der Waals surface area (Å²) in [6.45, 7) is 10.3. The largest absolute Gasteiger partial charge is 0.500 e. The summed E-state index contributed by atoms with van der Waals surface area (Å²) in [4.78, 5) is 9.17. The number of furan rings is 2. The number of fused-ring (bicyclic) bond motifs is 6. The van der Waals surface area contributed by atoms with Gasteiger partial charge in [0.15, 0.2) is 0 Å². The first-order valence-electron chi connectivity index (χ1n) is 19.1. The van der Waals surface area contributed by atoms with Crippen LogP contribution in [-0.2, 0) is 26.5 Å². The Morgan fingerprint density at radius 1 is 0.759 bits per heavy atom. The van der Waals surface area contributed by atoms with E-state index >= 15 is 0 Å². The second kappa shape index (κ2) is 15.3. The summed E-state index contributed by atoms with van der Waals surface area (Å²) in [7, 11) is -1.91. The van der Waals surface area contributed by atoms with E-state index in [2.05, 4.69) is 48.9 Å². The first-order valence-corrected chi connectivity index (χ1v) is 21.1. The van der Waals surface area contributed by atoms with E-state index in [0.717, 1.165) is 54.7 Å². The van der Waals surface area contributed by atoms with Crippen molar-refractivity contribution in [2.75, 3.05) is 0 Å². The molecule has 54 heavy (non-hydrogen) atoms. The molecule has 4 nitrogen and oxygen atoms in total. The Bertz CT molecular complexity index is 2900. The molecule has 0 spiro atoms. The van der Waals surface area contributed by atoms with Crippen LogP contribution in [0.5, 0.6) is 0 Å². The maximum atomic E-state index is 13.8. The van der Waals surface area contributed by atoms with E-state index in [4.69, 9.17) is 17.9 Å². The van der Waals surface area contributed by atoms with E-state index < -0.39 is 20.3 Å². The van der Waals surface area contributed by atoms with Gasteiger partial charge in [-0.3, -0.25) is 0 Å². The Hall–Kier alpha value is -5.20. The van der Waals surface area contributed by atoms with E-state index in [1.807, 2.05) is 98.9 Å². The smallest absolute Gasteiger partial charge is 0.126 e. The fourth-order valence-electron chi connectivity index (χ4n) is 6.58. The van der Waals surface area contributed by atoms with E-state index in [-0.39, 0.29) is 25.9 Å². The SMILES string of the molecule is [2H]C(C)(C)c1ccnc(-c2[c-]cc3oc4ccccc4c3c2)c1.[2H]C([2H])(c1ccccc1)c1cc(-c2[c-]ccc3c2oc2cc(F)ccc23)ncc1[Si](C)(C)C.[Ir]. The van der Waals surface area contributed by atoms with E-state index in [9.17, 15) is 4.39 Å². The van der Waals surface area contributed by atoms with Gasteiger partial charge in [0.05, 0.1) is 19.2 Å². The Morgan fingerprint density at radius 3 is 2.33 bits per heavy atom. The average Bonchev–Trinajstić information content (AvgIpc) is 3.75. The molecule has 4 heterocycles. The monoisotopic (exact) mass is 906 g/mol. The van der Waals surface area contributed by atoms with Crippen LogP contribution >= 0.6 is 0 Å². The number of rotatable bonds is 6. The molecule has 0 aliphatic rings. The van der Waals surface area contributed by atoms with Crippen molar-refractivity contribution in [3.63, 3.8) is 0 Å². The van der Waals surface area contributed by atoms with Gasteiger partial charge in [-0.15, -0.1) is 42.0 Å². The minimum atomic E-state index is -1.91. The molecular formula is C47H39FIrN2O2Si-2. The van der Waals surface area contributed by atoms with Gasteiger partial charge in [-0.25, -0.2) is 4.39 Å². The Balaban J connectivity index is 0.000000182. The van der Waals surface area contributed by atoms with Crippen molar-refractivity contribution in [2.45, 2.75) is 45.8 Å². The molecule has 5 aromatic carbocycles. The molecule has 0 atom stereocenters. The standard InChI is InChI=1S/C27H23FNOSi.C20H16NO.Ir/c1-31(2,3)26-17-29-24(15-19(26)14-18-8-5-4-6-9-18)23-11-7-10-22-21-13-12-20(28)16-25(21)30-27(22)23;1-13(2)14-9-10-21-18(12-14)15-7-8-20-17(11-15)16-5-3-4-6-19(16)22-20;/h4-10,12-13,15-17H,14H2,1-3H3;3-6,8-13H,1-2H3;/q2*-1;/i14D2;13D;. The maximum Gasteiger partial charge on any atom is 0.126 e. The molecule has 0 saturated heterocycles. The zero-order valence-corrected chi connectivity index (χ0v) is 33.9. The Morgan fingerprint density at radius 2 is 1.54 bits per heavy atom. The van der Waals surface area contributed by atoms with Crippen LogP contribution in [0.4, 0.5) is 4.39 Å². The maximum absolute atomic E-state index is 13.8. The molecule has 0 aliphatic heterocycles. The number of pyridine rings is 2. The molecule has 9 aromatic rings. The Kier molecular flexibility index (Phi) is 9.44. The average molecular weight is 906 g/mol. The number of benzene rings is 5. The van der Waals surface area contributed by atoms with Gasteiger partial charge in [0, 0.05) is 53.5 Å². The molecule has 0 amide bonds.